The van der Waals surface area contributed by atoms with Crippen LogP contribution in [0.3, 0.4) is 0 Å². The molecule has 20 heavy (non-hydrogen) atoms. The highest BCUT2D eigenvalue weighted by Gasteiger charge is 2.05. The lowest BCUT2D eigenvalue weighted by molar-refractivity contribution is -0.120. The summed E-state index contributed by atoms with van der Waals surface area (Å²) in [6, 6.07) is 11.4. The van der Waals surface area contributed by atoms with E-state index in [1.807, 2.05) is 36.4 Å². The third kappa shape index (κ3) is 4.54. The Morgan fingerprint density at radius 3 is 2.90 bits per heavy atom. The first-order valence-electron chi connectivity index (χ1n) is 6.31. The van der Waals surface area contributed by atoms with Gasteiger partial charge in [-0.1, -0.05) is 23.7 Å². The molecule has 1 N–H and O–H groups in total. The third-order valence-electron chi connectivity index (χ3n) is 2.82. The molecule has 0 aliphatic rings. The third-order valence-corrected chi connectivity index (χ3v) is 4.11. The molecule has 0 saturated heterocycles. The molecule has 0 radical (unpaired) electrons. The first-order valence-corrected chi connectivity index (χ1v) is 7.50. The van der Waals surface area contributed by atoms with Crippen LogP contribution in [-0.2, 0) is 17.6 Å². The quantitative estimate of drug-likeness (QED) is 0.889. The van der Waals surface area contributed by atoms with Crippen molar-refractivity contribution in [2.75, 3.05) is 13.7 Å². The normalized spacial score (nSPS) is 10.3. The molecule has 0 unspecified atom stereocenters. The minimum absolute atomic E-state index is 0.0147. The molecule has 3 nitrogen and oxygen atoms in total. The summed E-state index contributed by atoms with van der Waals surface area (Å²) in [6.45, 7) is 0.625. The molecule has 1 heterocycles. The monoisotopic (exact) mass is 309 g/mol. The van der Waals surface area contributed by atoms with Crippen LogP contribution >= 0.6 is 22.9 Å². The number of ether oxygens (including phenoxy) is 1. The highest BCUT2D eigenvalue weighted by molar-refractivity contribution is 7.16. The van der Waals surface area contributed by atoms with E-state index in [4.69, 9.17) is 16.3 Å². The van der Waals surface area contributed by atoms with Crippen LogP contribution in [0.4, 0.5) is 0 Å². The summed E-state index contributed by atoms with van der Waals surface area (Å²) in [5, 5.41) is 2.91. The number of nitrogens with one attached hydrogen (secondary N) is 1. The van der Waals surface area contributed by atoms with Crippen LogP contribution in [0.2, 0.25) is 4.34 Å². The van der Waals surface area contributed by atoms with E-state index < -0.39 is 0 Å². The Labute approximate surface area is 127 Å². The fourth-order valence-corrected chi connectivity index (χ4v) is 2.93. The molecule has 0 bridgehead atoms. The lowest BCUT2D eigenvalue weighted by atomic mass is 10.1. The predicted octanol–water partition coefficient (Wildman–Crippen LogP) is 3.31. The molecular weight excluding hydrogens is 294 g/mol. The smallest absolute Gasteiger partial charge is 0.224 e. The fourth-order valence-electron chi connectivity index (χ4n) is 1.84. The van der Waals surface area contributed by atoms with Crippen molar-refractivity contribution in [2.24, 2.45) is 0 Å². The highest BCUT2D eigenvalue weighted by atomic mass is 35.5. The molecule has 1 amide bonds. The number of rotatable bonds is 6. The van der Waals surface area contributed by atoms with E-state index in [-0.39, 0.29) is 5.91 Å². The van der Waals surface area contributed by atoms with Gasteiger partial charge in [-0.15, -0.1) is 11.3 Å². The van der Waals surface area contributed by atoms with Gasteiger partial charge in [0.05, 0.1) is 17.9 Å². The first kappa shape index (κ1) is 14.9. The topological polar surface area (TPSA) is 38.3 Å². The molecule has 2 rings (SSSR count). The molecule has 1 aromatic heterocycles. The van der Waals surface area contributed by atoms with Gasteiger partial charge in [0.2, 0.25) is 5.91 Å². The molecule has 5 heteroatoms. The van der Waals surface area contributed by atoms with Crippen molar-refractivity contribution in [3.05, 3.63) is 51.2 Å². The molecule has 0 aliphatic heterocycles. The van der Waals surface area contributed by atoms with Gasteiger partial charge in [-0.25, -0.2) is 0 Å². The average molecular weight is 310 g/mol. The van der Waals surface area contributed by atoms with Gasteiger partial charge in [0.25, 0.3) is 0 Å². The zero-order chi connectivity index (χ0) is 14.4. The number of carbonyl (C=O) groups is 1. The van der Waals surface area contributed by atoms with Crippen LogP contribution in [0, 0.1) is 0 Å². The Morgan fingerprint density at radius 1 is 1.35 bits per heavy atom. The predicted molar refractivity (Wildman–Crippen MR) is 82.7 cm³/mol. The second-order valence-electron chi connectivity index (χ2n) is 4.33. The summed E-state index contributed by atoms with van der Waals surface area (Å²) in [5.74, 6) is 0.782. The molecule has 1 aromatic carbocycles. The molecule has 0 spiro atoms. The van der Waals surface area contributed by atoms with E-state index in [9.17, 15) is 4.79 Å². The van der Waals surface area contributed by atoms with E-state index in [0.717, 1.165) is 22.1 Å². The van der Waals surface area contributed by atoms with E-state index >= 15 is 0 Å². The van der Waals surface area contributed by atoms with Crippen molar-refractivity contribution in [2.45, 2.75) is 12.8 Å². The summed E-state index contributed by atoms with van der Waals surface area (Å²) >= 11 is 7.40. The maximum absolute atomic E-state index is 11.8. The van der Waals surface area contributed by atoms with Crippen LogP contribution in [0.25, 0.3) is 0 Å². The van der Waals surface area contributed by atoms with Crippen LogP contribution in [-0.4, -0.2) is 19.6 Å². The van der Waals surface area contributed by atoms with Crippen LogP contribution < -0.4 is 10.1 Å². The molecule has 2 aromatic rings. The number of halogens is 1. The van der Waals surface area contributed by atoms with Crippen molar-refractivity contribution >= 4 is 28.8 Å². The minimum Gasteiger partial charge on any atom is -0.497 e. The molecule has 106 valence electrons. The molecule has 0 atom stereocenters. The summed E-state index contributed by atoms with van der Waals surface area (Å²) in [6.07, 6.45) is 1.17. The number of hydrogen-bond donors (Lipinski definition) is 1. The Morgan fingerprint density at radius 2 is 2.20 bits per heavy atom. The zero-order valence-corrected chi connectivity index (χ0v) is 12.8. The van der Waals surface area contributed by atoms with Gasteiger partial charge in [-0.2, -0.15) is 0 Å². The Kier molecular flexibility index (Phi) is 5.44. The van der Waals surface area contributed by atoms with Gasteiger partial charge in [-0.3, -0.25) is 4.79 Å². The largest absolute Gasteiger partial charge is 0.497 e. The Hall–Kier alpha value is -1.52. The van der Waals surface area contributed by atoms with Crippen molar-refractivity contribution < 1.29 is 9.53 Å². The maximum Gasteiger partial charge on any atom is 0.224 e. The molecule has 0 saturated carbocycles. The van der Waals surface area contributed by atoms with Gasteiger partial charge in [0, 0.05) is 11.4 Å². The number of benzene rings is 1. The summed E-state index contributed by atoms with van der Waals surface area (Å²) in [7, 11) is 1.62. The second-order valence-corrected chi connectivity index (χ2v) is 6.13. The number of carbonyl (C=O) groups excluding carboxylic acids is 1. The molecular formula is C15H16ClNO2S. The Balaban J connectivity index is 1.77. The van der Waals surface area contributed by atoms with E-state index in [1.165, 1.54) is 4.88 Å². The van der Waals surface area contributed by atoms with Crippen LogP contribution in [0.1, 0.15) is 10.4 Å². The van der Waals surface area contributed by atoms with Gasteiger partial charge in [-0.05, 0) is 36.2 Å². The van der Waals surface area contributed by atoms with Crippen molar-refractivity contribution in [3.63, 3.8) is 0 Å². The van der Waals surface area contributed by atoms with Gasteiger partial charge in [0.15, 0.2) is 0 Å². The SMILES string of the molecule is COc1cccc(CC(=O)NCCc2ccc(Cl)s2)c1. The summed E-state index contributed by atoms with van der Waals surface area (Å²) < 4.78 is 5.92. The van der Waals surface area contributed by atoms with Crippen molar-refractivity contribution in [1.29, 1.82) is 0 Å². The van der Waals surface area contributed by atoms with Gasteiger partial charge >= 0.3 is 0 Å². The summed E-state index contributed by atoms with van der Waals surface area (Å²) in [5.41, 5.74) is 0.945. The number of hydrogen-bond acceptors (Lipinski definition) is 3. The first-order chi connectivity index (χ1) is 9.67. The second kappa shape index (κ2) is 7.31. The molecule has 0 fully saturated rings. The maximum atomic E-state index is 11.8. The standard InChI is InChI=1S/C15H16ClNO2S/c1-19-12-4-2-3-11(9-12)10-15(18)17-8-7-13-5-6-14(16)20-13/h2-6,9H,7-8,10H2,1H3,(H,17,18). The van der Waals surface area contributed by atoms with Crippen LogP contribution in [0.5, 0.6) is 5.75 Å². The Bertz CT molecular complexity index is 583. The van der Waals surface area contributed by atoms with E-state index in [1.54, 1.807) is 18.4 Å². The number of thiophene rings is 1. The molecule has 0 aliphatic carbocycles. The van der Waals surface area contributed by atoms with E-state index in [2.05, 4.69) is 5.32 Å². The lowest BCUT2D eigenvalue weighted by Crippen LogP contribution is -2.27. The lowest BCUT2D eigenvalue weighted by Gasteiger charge is -2.06. The van der Waals surface area contributed by atoms with Crippen LogP contribution in [0.15, 0.2) is 36.4 Å². The average Bonchev–Trinajstić information content (AvgIpc) is 2.84. The minimum atomic E-state index is 0.0147. The van der Waals surface area contributed by atoms with Gasteiger partial charge < -0.3 is 10.1 Å². The number of amides is 1. The summed E-state index contributed by atoms with van der Waals surface area (Å²) in [4.78, 5) is 13.0. The van der Waals surface area contributed by atoms with Gasteiger partial charge in [0.1, 0.15) is 5.75 Å². The van der Waals surface area contributed by atoms with E-state index in [0.29, 0.717) is 13.0 Å². The van der Waals surface area contributed by atoms with Crippen molar-refractivity contribution in [3.8, 4) is 5.75 Å². The zero-order valence-electron chi connectivity index (χ0n) is 11.2. The highest BCUT2D eigenvalue weighted by Crippen LogP contribution is 2.21. The van der Waals surface area contributed by atoms with Crippen molar-refractivity contribution in [1.82, 2.24) is 5.32 Å². The fraction of sp³-hybridized carbons (Fsp3) is 0.267. The number of methoxy groups -OCH3 is 1.